The average molecular weight is 817 g/mol. The topological polar surface area (TPSA) is 153 Å². The van der Waals surface area contributed by atoms with Crippen LogP contribution in [0.25, 0.3) is 11.1 Å². The Labute approximate surface area is 342 Å². The summed E-state index contributed by atoms with van der Waals surface area (Å²) >= 11 is 1.52. The summed E-state index contributed by atoms with van der Waals surface area (Å²) in [7, 11) is -3.77. The Balaban J connectivity index is 0.881. The van der Waals surface area contributed by atoms with Crippen molar-refractivity contribution in [2.75, 3.05) is 24.2 Å². The van der Waals surface area contributed by atoms with Gasteiger partial charge in [-0.15, -0.1) is 11.8 Å². The first kappa shape index (κ1) is 39.6. The van der Waals surface area contributed by atoms with Crippen molar-refractivity contribution in [3.8, 4) is 23.0 Å². The van der Waals surface area contributed by atoms with Gasteiger partial charge < -0.3 is 10.4 Å². The highest BCUT2D eigenvalue weighted by atomic mass is 32.2. The number of fused-ring (bicyclic) bond motifs is 4. The first-order chi connectivity index (χ1) is 28.0. The second kappa shape index (κ2) is 16.5. The first-order valence-corrected chi connectivity index (χ1v) is 22.1. The Morgan fingerprint density at radius 3 is 2.47 bits per heavy atom. The van der Waals surface area contributed by atoms with Gasteiger partial charge in [-0.1, -0.05) is 60.2 Å². The van der Waals surface area contributed by atoms with Crippen LogP contribution in [0.4, 0.5) is 5.69 Å². The number of anilines is 1. The number of benzene rings is 4. The summed E-state index contributed by atoms with van der Waals surface area (Å²) < 4.78 is 29.6. The fourth-order valence-electron chi connectivity index (χ4n) is 8.54. The van der Waals surface area contributed by atoms with E-state index in [1.54, 1.807) is 28.6 Å². The number of thioether (sulfide) groups is 1. The fourth-order valence-corrected chi connectivity index (χ4v) is 11.3. The molecular formula is C45H44N4O7S2. The molecule has 4 aliphatic heterocycles. The number of sulfonamides is 1. The van der Waals surface area contributed by atoms with Gasteiger partial charge in [-0.2, -0.15) is 4.31 Å². The molecule has 58 heavy (non-hydrogen) atoms. The molecule has 4 atom stereocenters. The molecule has 4 aromatic carbocycles. The van der Waals surface area contributed by atoms with Crippen LogP contribution in [-0.4, -0.2) is 77.3 Å². The maximum atomic E-state index is 14.0. The molecule has 11 nitrogen and oxygen atoms in total. The van der Waals surface area contributed by atoms with Gasteiger partial charge >= 0.3 is 0 Å². The Kier molecular flexibility index (Phi) is 11.3. The van der Waals surface area contributed by atoms with E-state index in [-0.39, 0.29) is 41.9 Å². The highest BCUT2D eigenvalue weighted by molar-refractivity contribution is 7.99. The SMILES string of the molecule is Cc1ccc(S(=O)(=O)N2CC[C@@H]3[C@H](CO)Nc4ccc(-c5cccc(C#CCCCCCSc6cccc7c6C(=O)N(C6CCC(=O)NC6=O)C7=O)c5)cc4[C@@H]32)cc1. The molecular weight excluding hydrogens is 773 g/mol. The Bertz CT molecular complexity index is 2480. The molecule has 4 heterocycles. The van der Waals surface area contributed by atoms with Gasteiger partial charge in [0, 0.05) is 41.5 Å². The number of unbranched alkanes of at least 4 members (excludes halogenated alkanes) is 3. The molecule has 2 fully saturated rings. The number of rotatable bonds is 11. The Morgan fingerprint density at radius 1 is 0.879 bits per heavy atom. The van der Waals surface area contributed by atoms with Gasteiger partial charge in [-0.25, -0.2) is 8.42 Å². The van der Waals surface area contributed by atoms with E-state index in [2.05, 4.69) is 34.6 Å². The zero-order valence-corrected chi connectivity index (χ0v) is 33.7. The van der Waals surface area contributed by atoms with Gasteiger partial charge in [-0.3, -0.25) is 29.4 Å². The molecule has 3 N–H and O–H groups in total. The van der Waals surface area contributed by atoms with Crippen LogP contribution in [0.15, 0.2) is 94.7 Å². The minimum absolute atomic E-state index is 0.0736. The number of hydrogen-bond donors (Lipinski definition) is 3. The summed E-state index contributed by atoms with van der Waals surface area (Å²) in [4.78, 5) is 52.6. The number of aliphatic hydroxyl groups excluding tert-OH is 1. The number of hydrogen-bond acceptors (Lipinski definition) is 9. The molecule has 0 saturated carbocycles. The Hall–Kier alpha value is -5.26. The molecule has 4 amide bonds. The summed E-state index contributed by atoms with van der Waals surface area (Å²) in [5, 5.41) is 16.0. The molecule has 0 aromatic heterocycles. The Morgan fingerprint density at radius 2 is 1.67 bits per heavy atom. The third kappa shape index (κ3) is 7.57. The standard InChI is InChI=1S/C45H44N4O7S2/c1-28-14-17-32(18-15-28)58(55,56)48-23-22-33-37(27-50)46-36-19-16-31(26-35(36)42(33)48)30-11-7-10-29(25-30)9-5-3-2-4-6-24-57-39-13-8-12-34-41(39)45(54)49(44(34)53)38-20-21-40(51)47-43(38)52/h7-8,10-19,25-26,33,37-38,42,46,50H,2-4,6,20-24,27H2,1H3,(H,47,51,52)/t33-,37+,38?,42-/m1/s1. The summed E-state index contributed by atoms with van der Waals surface area (Å²) in [5.41, 5.74) is 6.16. The van der Waals surface area contributed by atoms with Gasteiger partial charge in [0.15, 0.2) is 0 Å². The zero-order valence-electron chi connectivity index (χ0n) is 32.1. The number of amides is 4. The number of carbonyl (C=O) groups is 4. The molecule has 4 aliphatic rings. The van der Waals surface area contributed by atoms with Gasteiger partial charge in [0.1, 0.15) is 6.04 Å². The molecule has 2 saturated heterocycles. The number of nitrogens with one attached hydrogen (secondary N) is 2. The quantitative estimate of drug-likeness (QED) is 0.0685. The number of aryl methyl sites for hydroxylation is 1. The van der Waals surface area contributed by atoms with Crippen molar-refractivity contribution in [3.63, 3.8) is 0 Å². The minimum Gasteiger partial charge on any atom is -0.394 e. The second-order valence-electron chi connectivity index (χ2n) is 15.2. The van der Waals surface area contributed by atoms with Crippen molar-refractivity contribution in [2.45, 2.75) is 79.8 Å². The predicted octanol–water partition coefficient (Wildman–Crippen LogP) is 6.31. The fraction of sp³-hybridized carbons (Fsp3) is 0.333. The number of piperidine rings is 1. The van der Waals surface area contributed by atoms with E-state index in [4.69, 9.17) is 0 Å². The van der Waals surface area contributed by atoms with Crippen molar-refractivity contribution in [1.29, 1.82) is 0 Å². The van der Waals surface area contributed by atoms with Gasteiger partial charge in [0.2, 0.25) is 21.8 Å². The van der Waals surface area contributed by atoms with E-state index in [0.717, 1.165) is 63.4 Å². The summed E-state index contributed by atoms with van der Waals surface area (Å²) in [6.07, 6.45) is 4.29. The molecule has 0 bridgehead atoms. The predicted molar refractivity (Wildman–Crippen MR) is 221 cm³/mol. The van der Waals surface area contributed by atoms with Crippen LogP contribution in [-0.2, 0) is 19.6 Å². The largest absolute Gasteiger partial charge is 0.394 e. The molecule has 0 spiro atoms. The van der Waals surface area contributed by atoms with E-state index in [9.17, 15) is 32.7 Å². The molecule has 1 unspecified atom stereocenters. The van der Waals surface area contributed by atoms with E-state index in [1.807, 2.05) is 55.5 Å². The van der Waals surface area contributed by atoms with Crippen LogP contribution in [0, 0.1) is 24.7 Å². The zero-order chi connectivity index (χ0) is 40.6. The van der Waals surface area contributed by atoms with E-state index in [1.165, 1.54) is 11.8 Å². The maximum absolute atomic E-state index is 14.0. The highest BCUT2D eigenvalue weighted by Gasteiger charge is 2.49. The summed E-state index contributed by atoms with van der Waals surface area (Å²) in [5.74, 6) is 5.27. The third-order valence-corrected chi connectivity index (χ3v) is 14.6. The van der Waals surface area contributed by atoms with Crippen LogP contribution in [0.2, 0.25) is 0 Å². The van der Waals surface area contributed by atoms with Crippen molar-refractivity contribution in [1.82, 2.24) is 14.5 Å². The third-order valence-electron chi connectivity index (χ3n) is 11.5. The van der Waals surface area contributed by atoms with Crippen molar-refractivity contribution in [3.05, 3.63) is 113 Å². The first-order valence-electron chi connectivity index (χ1n) is 19.7. The van der Waals surface area contributed by atoms with Gasteiger partial charge in [-0.05, 0) is 104 Å². The maximum Gasteiger partial charge on any atom is 0.263 e. The number of nitrogens with zero attached hydrogens (tertiary/aromatic N) is 2. The van der Waals surface area contributed by atoms with Crippen LogP contribution < -0.4 is 10.6 Å². The molecule has 0 aliphatic carbocycles. The lowest BCUT2D eigenvalue weighted by Crippen LogP contribution is -2.54. The lowest BCUT2D eigenvalue weighted by atomic mass is 9.82. The van der Waals surface area contributed by atoms with Gasteiger partial charge in [0.25, 0.3) is 11.8 Å². The molecule has 4 aromatic rings. The van der Waals surface area contributed by atoms with Crippen LogP contribution in [0.1, 0.15) is 88.4 Å². The lowest BCUT2D eigenvalue weighted by molar-refractivity contribution is -0.136. The lowest BCUT2D eigenvalue weighted by Gasteiger charge is -2.39. The van der Waals surface area contributed by atoms with Crippen LogP contribution in [0.5, 0.6) is 0 Å². The molecule has 8 rings (SSSR count). The molecule has 298 valence electrons. The normalized spacial score (nSPS) is 21.4. The number of imide groups is 2. The van der Waals surface area contributed by atoms with Crippen LogP contribution >= 0.6 is 11.8 Å². The number of aliphatic hydroxyl groups is 1. The molecule has 13 heteroatoms. The van der Waals surface area contributed by atoms with E-state index in [0.29, 0.717) is 29.8 Å². The number of carbonyl (C=O) groups excluding carboxylic acids is 4. The summed E-state index contributed by atoms with van der Waals surface area (Å²) in [6.45, 7) is 2.22. The monoisotopic (exact) mass is 816 g/mol. The van der Waals surface area contributed by atoms with E-state index >= 15 is 0 Å². The minimum atomic E-state index is -3.77. The highest BCUT2D eigenvalue weighted by Crippen LogP contribution is 2.49. The molecule has 0 radical (unpaired) electrons. The van der Waals surface area contributed by atoms with Crippen LogP contribution in [0.3, 0.4) is 0 Å². The second-order valence-corrected chi connectivity index (χ2v) is 18.3. The van der Waals surface area contributed by atoms with Gasteiger partial charge in [0.05, 0.1) is 34.7 Å². The smallest absolute Gasteiger partial charge is 0.263 e. The van der Waals surface area contributed by atoms with Crippen molar-refractivity contribution < 1.29 is 32.7 Å². The van der Waals surface area contributed by atoms with Crippen molar-refractivity contribution in [2.24, 2.45) is 5.92 Å². The average Bonchev–Trinajstić information content (AvgIpc) is 3.79. The summed E-state index contributed by atoms with van der Waals surface area (Å²) in [6, 6.07) is 24.6. The van der Waals surface area contributed by atoms with Crippen molar-refractivity contribution >= 4 is 51.1 Å². The van der Waals surface area contributed by atoms with E-state index < -0.39 is 45.7 Å².